The van der Waals surface area contributed by atoms with E-state index in [2.05, 4.69) is 25.9 Å². The third kappa shape index (κ3) is 2.33. The van der Waals surface area contributed by atoms with Crippen molar-refractivity contribution in [1.82, 2.24) is 9.97 Å². The number of aromatic nitrogens is 2. The molecule has 0 aliphatic rings. The van der Waals surface area contributed by atoms with Crippen molar-refractivity contribution in [2.75, 3.05) is 7.11 Å². The molecule has 0 amide bonds. The van der Waals surface area contributed by atoms with E-state index in [0.29, 0.717) is 5.88 Å². The molecule has 2 heterocycles. The molecule has 0 aliphatic heterocycles. The number of pyridine rings is 2. The van der Waals surface area contributed by atoms with Crippen LogP contribution in [0, 0.1) is 0 Å². The average molecular weight is 265 g/mol. The zero-order chi connectivity index (χ0) is 10.7. The van der Waals surface area contributed by atoms with Gasteiger partial charge in [-0.1, -0.05) is 6.07 Å². The third-order valence-corrected chi connectivity index (χ3v) is 2.39. The molecule has 0 saturated carbocycles. The van der Waals surface area contributed by atoms with E-state index in [1.807, 2.05) is 30.3 Å². The Morgan fingerprint density at radius 2 is 2.00 bits per heavy atom. The van der Waals surface area contributed by atoms with E-state index in [1.54, 1.807) is 13.3 Å². The molecule has 15 heavy (non-hydrogen) atoms. The minimum Gasteiger partial charge on any atom is -0.481 e. The average Bonchev–Trinajstić information content (AvgIpc) is 2.30. The second-order valence-corrected chi connectivity index (χ2v) is 3.84. The van der Waals surface area contributed by atoms with Crippen molar-refractivity contribution in [2.24, 2.45) is 0 Å². The van der Waals surface area contributed by atoms with E-state index in [-0.39, 0.29) is 0 Å². The molecule has 0 atom stereocenters. The van der Waals surface area contributed by atoms with Gasteiger partial charge < -0.3 is 4.74 Å². The largest absolute Gasteiger partial charge is 0.481 e. The number of halogens is 1. The van der Waals surface area contributed by atoms with Crippen molar-refractivity contribution in [1.29, 1.82) is 0 Å². The van der Waals surface area contributed by atoms with Gasteiger partial charge >= 0.3 is 0 Å². The van der Waals surface area contributed by atoms with Crippen LogP contribution < -0.4 is 4.74 Å². The number of nitrogens with zero attached hydrogens (tertiary/aromatic N) is 2. The number of hydrogen-bond acceptors (Lipinski definition) is 3. The molecule has 0 aromatic carbocycles. The standard InChI is InChI=1S/C11H9BrN2O/c1-15-11-4-2-3-10(14-11)9-6-5-8(12)7-13-9/h2-7H,1H3. The minimum atomic E-state index is 0.595. The molecule has 4 heteroatoms. The summed E-state index contributed by atoms with van der Waals surface area (Å²) in [5, 5.41) is 0. The normalized spacial score (nSPS) is 10.0. The number of ether oxygens (including phenoxy) is 1. The Hall–Kier alpha value is -1.42. The van der Waals surface area contributed by atoms with Crippen LogP contribution in [0.2, 0.25) is 0 Å². The molecule has 0 spiro atoms. The number of rotatable bonds is 2. The van der Waals surface area contributed by atoms with Crippen LogP contribution in [0.4, 0.5) is 0 Å². The Labute approximate surface area is 96.3 Å². The third-order valence-electron chi connectivity index (χ3n) is 1.92. The molecular formula is C11H9BrN2O. The fourth-order valence-electron chi connectivity index (χ4n) is 1.20. The second-order valence-electron chi connectivity index (χ2n) is 2.93. The number of methoxy groups -OCH3 is 1. The fraction of sp³-hybridized carbons (Fsp3) is 0.0909. The van der Waals surface area contributed by atoms with Crippen molar-refractivity contribution >= 4 is 15.9 Å². The second kappa shape index (κ2) is 4.40. The highest BCUT2D eigenvalue weighted by molar-refractivity contribution is 9.10. The van der Waals surface area contributed by atoms with Crippen LogP contribution in [0.3, 0.4) is 0 Å². The van der Waals surface area contributed by atoms with Crippen molar-refractivity contribution in [3.63, 3.8) is 0 Å². The van der Waals surface area contributed by atoms with Crippen LogP contribution in [0.15, 0.2) is 41.0 Å². The molecule has 0 bridgehead atoms. The summed E-state index contributed by atoms with van der Waals surface area (Å²) in [6, 6.07) is 9.45. The van der Waals surface area contributed by atoms with Crippen LogP contribution in [-0.4, -0.2) is 17.1 Å². The van der Waals surface area contributed by atoms with Crippen LogP contribution in [-0.2, 0) is 0 Å². The van der Waals surface area contributed by atoms with Gasteiger partial charge in [0.05, 0.1) is 18.5 Å². The quantitative estimate of drug-likeness (QED) is 0.837. The summed E-state index contributed by atoms with van der Waals surface area (Å²) < 4.78 is 6.00. The van der Waals surface area contributed by atoms with E-state index < -0.39 is 0 Å². The topological polar surface area (TPSA) is 35.0 Å². The molecule has 0 saturated heterocycles. The van der Waals surface area contributed by atoms with E-state index in [4.69, 9.17) is 4.74 Å². The Balaban J connectivity index is 2.40. The van der Waals surface area contributed by atoms with E-state index in [9.17, 15) is 0 Å². The van der Waals surface area contributed by atoms with Gasteiger partial charge in [-0.15, -0.1) is 0 Å². The lowest BCUT2D eigenvalue weighted by atomic mass is 10.2. The van der Waals surface area contributed by atoms with Gasteiger partial charge in [-0.25, -0.2) is 4.98 Å². The highest BCUT2D eigenvalue weighted by Crippen LogP contribution is 2.18. The van der Waals surface area contributed by atoms with Crippen LogP contribution in [0.1, 0.15) is 0 Å². The first-order valence-electron chi connectivity index (χ1n) is 4.42. The molecule has 2 aromatic heterocycles. The Bertz CT molecular complexity index is 456. The van der Waals surface area contributed by atoms with Crippen LogP contribution in [0.25, 0.3) is 11.4 Å². The van der Waals surface area contributed by atoms with E-state index in [1.165, 1.54) is 0 Å². The lowest BCUT2D eigenvalue weighted by molar-refractivity contribution is 0.398. The Morgan fingerprint density at radius 1 is 1.13 bits per heavy atom. The molecule has 76 valence electrons. The maximum atomic E-state index is 5.05. The summed E-state index contributed by atoms with van der Waals surface area (Å²) in [6.07, 6.45) is 1.75. The van der Waals surface area contributed by atoms with E-state index in [0.717, 1.165) is 15.9 Å². The molecule has 2 rings (SSSR count). The smallest absolute Gasteiger partial charge is 0.213 e. The van der Waals surface area contributed by atoms with Crippen molar-refractivity contribution in [2.45, 2.75) is 0 Å². The summed E-state index contributed by atoms with van der Waals surface area (Å²) >= 11 is 3.34. The van der Waals surface area contributed by atoms with Gasteiger partial charge in [0.15, 0.2) is 0 Å². The lowest BCUT2D eigenvalue weighted by Crippen LogP contribution is -1.90. The van der Waals surface area contributed by atoms with Gasteiger partial charge in [-0.2, -0.15) is 0 Å². The maximum Gasteiger partial charge on any atom is 0.213 e. The van der Waals surface area contributed by atoms with Gasteiger partial charge in [0.1, 0.15) is 0 Å². The van der Waals surface area contributed by atoms with Crippen molar-refractivity contribution in [3.05, 3.63) is 41.0 Å². The van der Waals surface area contributed by atoms with Crippen molar-refractivity contribution in [3.8, 4) is 17.3 Å². The SMILES string of the molecule is COc1cccc(-c2ccc(Br)cn2)n1. The molecule has 0 fully saturated rings. The summed E-state index contributed by atoms with van der Waals surface area (Å²) in [6.45, 7) is 0. The van der Waals surface area contributed by atoms with E-state index >= 15 is 0 Å². The summed E-state index contributed by atoms with van der Waals surface area (Å²) in [4.78, 5) is 8.55. The maximum absolute atomic E-state index is 5.05. The van der Waals surface area contributed by atoms with Crippen molar-refractivity contribution < 1.29 is 4.74 Å². The first-order valence-corrected chi connectivity index (χ1v) is 5.22. The van der Waals surface area contributed by atoms with Gasteiger partial charge in [0.25, 0.3) is 0 Å². The zero-order valence-electron chi connectivity index (χ0n) is 8.14. The lowest BCUT2D eigenvalue weighted by Gasteiger charge is -2.02. The van der Waals surface area contributed by atoms with Gasteiger partial charge in [0, 0.05) is 16.7 Å². The molecule has 0 N–H and O–H groups in total. The molecule has 0 unspecified atom stereocenters. The first-order chi connectivity index (χ1) is 7.29. The Kier molecular flexibility index (Phi) is 2.97. The fourth-order valence-corrected chi connectivity index (χ4v) is 1.43. The molecule has 3 nitrogen and oxygen atoms in total. The molecular weight excluding hydrogens is 256 g/mol. The van der Waals surface area contributed by atoms with Crippen LogP contribution >= 0.6 is 15.9 Å². The van der Waals surface area contributed by atoms with Gasteiger partial charge in [-0.3, -0.25) is 4.98 Å². The molecule has 2 aromatic rings. The first kappa shape index (κ1) is 10.1. The van der Waals surface area contributed by atoms with Gasteiger partial charge in [0.2, 0.25) is 5.88 Å². The summed E-state index contributed by atoms with van der Waals surface area (Å²) in [7, 11) is 1.60. The Morgan fingerprint density at radius 3 is 2.67 bits per heavy atom. The zero-order valence-corrected chi connectivity index (χ0v) is 9.73. The molecule has 0 aliphatic carbocycles. The summed E-state index contributed by atoms with van der Waals surface area (Å²) in [5.41, 5.74) is 1.64. The minimum absolute atomic E-state index is 0.595. The predicted molar refractivity (Wildman–Crippen MR) is 61.7 cm³/mol. The number of hydrogen-bond donors (Lipinski definition) is 0. The predicted octanol–water partition coefficient (Wildman–Crippen LogP) is 2.91. The highest BCUT2D eigenvalue weighted by atomic mass is 79.9. The van der Waals surface area contributed by atoms with Gasteiger partial charge in [-0.05, 0) is 34.1 Å². The monoisotopic (exact) mass is 264 g/mol. The molecule has 0 radical (unpaired) electrons. The van der Waals surface area contributed by atoms with Crippen LogP contribution in [0.5, 0.6) is 5.88 Å². The highest BCUT2D eigenvalue weighted by Gasteiger charge is 2.01. The summed E-state index contributed by atoms with van der Waals surface area (Å²) in [5.74, 6) is 0.595.